The molecule has 0 saturated carbocycles. The van der Waals surface area contributed by atoms with Crippen molar-refractivity contribution >= 4 is 55.7 Å². The van der Waals surface area contributed by atoms with Crippen molar-refractivity contribution in [2.45, 2.75) is 0 Å². The molecule has 0 radical (unpaired) electrons. The van der Waals surface area contributed by atoms with Crippen LogP contribution in [0.4, 0.5) is 5.13 Å². The summed E-state index contributed by atoms with van der Waals surface area (Å²) in [5.41, 5.74) is 1.86. The van der Waals surface area contributed by atoms with Gasteiger partial charge in [0.2, 0.25) is 5.91 Å². The van der Waals surface area contributed by atoms with Gasteiger partial charge in [0.05, 0.1) is 10.6 Å². The first-order valence-corrected chi connectivity index (χ1v) is 9.00. The Kier molecular flexibility index (Phi) is 4.82. The maximum Gasteiger partial charge on any atom is 0.250 e. The van der Waals surface area contributed by atoms with Crippen molar-refractivity contribution in [1.82, 2.24) is 4.98 Å². The number of thiazole rings is 1. The lowest BCUT2D eigenvalue weighted by Gasteiger charge is -1.96. The fourth-order valence-corrected chi connectivity index (χ4v) is 3.50. The van der Waals surface area contributed by atoms with Crippen LogP contribution in [0.25, 0.3) is 16.6 Å². The molecule has 0 bridgehead atoms. The molecule has 110 valence electrons. The molecule has 0 aliphatic heterocycles. The summed E-state index contributed by atoms with van der Waals surface area (Å²) in [6.45, 7) is 0. The molecule has 1 aromatic carbocycles. The summed E-state index contributed by atoms with van der Waals surface area (Å²) < 4.78 is 1.01. The van der Waals surface area contributed by atoms with Crippen molar-refractivity contribution in [3.05, 3.63) is 63.3 Å². The third-order valence-corrected chi connectivity index (χ3v) is 4.98. The van der Waals surface area contributed by atoms with Gasteiger partial charge in [0.25, 0.3) is 0 Å². The Hall–Kier alpha value is -1.76. The summed E-state index contributed by atoms with van der Waals surface area (Å²) in [6.07, 6.45) is 3.28. The molecule has 1 amide bonds. The lowest BCUT2D eigenvalue weighted by atomic mass is 10.2. The van der Waals surface area contributed by atoms with E-state index in [1.54, 1.807) is 17.4 Å². The maximum absolute atomic E-state index is 11.9. The number of carbonyl (C=O) groups is 1. The van der Waals surface area contributed by atoms with Crippen molar-refractivity contribution in [2.75, 3.05) is 5.32 Å². The fraction of sp³-hybridized carbons (Fsp3) is 0. The predicted molar refractivity (Wildman–Crippen MR) is 97.2 cm³/mol. The molecule has 1 N–H and O–H groups in total. The van der Waals surface area contributed by atoms with Gasteiger partial charge in [-0.1, -0.05) is 34.1 Å². The molecule has 3 aromatic rings. The number of benzene rings is 1. The van der Waals surface area contributed by atoms with Crippen molar-refractivity contribution in [2.24, 2.45) is 0 Å². The molecule has 0 aliphatic rings. The van der Waals surface area contributed by atoms with E-state index in [1.165, 1.54) is 17.4 Å². The summed E-state index contributed by atoms with van der Waals surface area (Å²) in [4.78, 5) is 17.4. The van der Waals surface area contributed by atoms with Crippen LogP contribution < -0.4 is 5.32 Å². The number of aromatic nitrogens is 1. The average molecular weight is 391 g/mol. The first-order valence-electron chi connectivity index (χ1n) is 6.45. The van der Waals surface area contributed by atoms with E-state index in [9.17, 15) is 4.79 Å². The largest absolute Gasteiger partial charge is 0.298 e. The van der Waals surface area contributed by atoms with Crippen molar-refractivity contribution in [3.8, 4) is 10.6 Å². The van der Waals surface area contributed by atoms with Gasteiger partial charge in [-0.3, -0.25) is 10.1 Å². The number of anilines is 1. The highest BCUT2D eigenvalue weighted by Crippen LogP contribution is 2.28. The van der Waals surface area contributed by atoms with Crippen molar-refractivity contribution < 1.29 is 4.79 Å². The minimum atomic E-state index is -0.185. The van der Waals surface area contributed by atoms with Gasteiger partial charge in [0.1, 0.15) is 0 Å². The van der Waals surface area contributed by atoms with Gasteiger partial charge in [-0.25, -0.2) is 4.98 Å². The number of carbonyl (C=O) groups excluding carboxylic acids is 1. The molecule has 6 heteroatoms. The van der Waals surface area contributed by atoms with E-state index < -0.39 is 0 Å². The average Bonchev–Trinajstić information content (AvgIpc) is 3.17. The van der Waals surface area contributed by atoms with Gasteiger partial charge in [0, 0.05) is 15.9 Å². The maximum atomic E-state index is 11.9. The molecule has 3 nitrogen and oxygen atoms in total. The second kappa shape index (κ2) is 7.00. The molecule has 3 rings (SSSR count). The minimum absolute atomic E-state index is 0.185. The zero-order valence-corrected chi connectivity index (χ0v) is 14.5. The zero-order chi connectivity index (χ0) is 15.4. The lowest BCUT2D eigenvalue weighted by Crippen LogP contribution is -2.07. The van der Waals surface area contributed by atoms with Crippen LogP contribution in [0.5, 0.6) is 0 Å². The van der Waals surface area contributed by atoms with E-state index >= 15 is 0 Å². The Labute approximate surface area is 144 Å². The van der Waals surface area contributed by atoms with Gasteiger partial charge in [-0.05, 0) is 35.2 Å². The highest BCUT2D eigenvalue weighted by atomic mass is 79.9. The highest BCUT2D eigenvalue weighted by Gasteiger charge is 2.06. The number of hydrogen-bond acceptors (Lipinski definition) is 4. The van der Waals surface area contributed by atoms with E-state index in [-0.39, 0.29) is 5.91 Å². The summed E-state index contributed by atoms with van der Waals surface area (Å²) in [7, 11) is 0. The quantitative estimate of drug-likeness (QED) is 0.615. The highest BCUT2D eigenvalue weighted by molar-refractivity contribution is 9.10. The number of halogens is 1. The van der Waals surface area contributed by atoms with E-state index in [1.807, 2.05) is 47.2 Å². The molecule has 0 atom stereocenters. The van der Waals surface area contributed by atoms with Gasteiger partial charge in [-0.15, -0.1) is 22.7 Å². The molecular formula is C16H11BrN2OS2. The number of nitrogens with one attached hydrogen (secondary N) is 1. The van der Waals surface area contributed by atoms with E-state index in [0.717, 1.165) is 20.6 Å². The van der Waals surface area contributed by atoms with Gasteiger partial charge >= 0.3 is 0 Å². The van der Waals surface area contributed by atoms with Crippen LogP contribution in [0.3, 0.4) is 0 Å². The SMILES string of the molecule is O=C(C=Cc1ccc(Br)cc1)Nc1nc(-c2cccs2)cs1. The Morgan fingerprint density at radius 1 is 1.18 bits per heavy atom. The van der Waals surface area contributed by atoms with Crippen LogP contribution in [0.2, 0.25) is 0 Å². The summed E-state index contributed by atoms with van der Waals surface area (Å²) in [6, 6.07) is 11.7. The standard InChI is InChI=1S/C16H11BrN2OS2/c17-12-6-3-11(4-7-12)5-8-15(20)19-16-18-13(10-22-16)14-2-1-9-21-14/h1-10H,(H,18,19,20). The smallest absolute Gasteiger partial charge is 0.250 e. The summed E-state index contributed by atoms with van der Waals surface area (Å²) in [5.74, 6) is -0.185. The molecule has 0 spiro atoms. The predicted octanol–water partition coefficient (Wildman–Crippen LogP) is 5.29. The number of hydrogen-bond donors (Lipinski definition) is 1. The molecule has 2 aromatic heterocycles. The third kappa shape index (κ3) is 3.91. The molecule has 0 unspecified atom stereocenters. The second-order valence-corrected chi connectivity index (χ2v) is 7.11. The molecule has 2 heterocycles. The van der Waals surface area contributed by atoms with Gasteiger partial charge < -0.3 is 0 Å². The molecule has 22 heavy (non-hydrogen) atoms. The zero-order valence-electron chi connectivity index (χ0n) is 11.3. The summed E-state index contributed by atoms with van der Waals surface area (Å²) >= 11 is 6.43. The first kappa shape index (κ1) is 15.1. The monoisotopic (exact) mass is 390 g/mol. The van der Waals surface area contributed by atoms with Crippen LogP contribution >= 0.6 is 38.6 Å². The minimum Gasteiger partial charge on any atom is -0.298 e. The molecule has 0 fully saturated rings. The number of rotatable bonds is 4. The van der Waals surface area contributed by atoms with E-state index in [2.05, 4.69) is 26.2 Å². The van der Waals surface area contributed by atoms with Crippen LogP contribution in [0.15, 0.2) is 57.7 Å². The summed E-state index contributed by atoms with van der Waals surface area (Å²) in [5, 5.41) is 7.34. The Morgan fingerprint density at radius 2 is 2.00 bits per heavy atom. The molecular weight excluding hydrogens is 380 g/mol. The Bertz CT molecular complexity index is 792. The Morgan fingerprint density at radius 3 is 2.73 bits per heavy atom. The third-order valence-electron chi connectivity index (χ3n) is 2.81. The van der Waals surface area contributed by atoms with E-state index in [0.29, 0.717) is 5.13 Å². The first-order chi connectivity index (χ1) is 10.7. The molecule has 0 saturated heterocycles. The van der Waals surface area contributed by atoms with Gasteiger partial charge in [0.15, 0.2) is 5.13 Å². The number of nitrogens with zero attached hydrogens (tertiary/aromatic N) is 1. The lowest BCUT2D eigenvalue weighted by molar-refractivity contribution is -0.111. The van der Waals surface area contributed by atoms with Gasteiger partial charge in [-0.2, -0.15) is 0 Å². The van der Waals surface area contributed by atoms with Crippen LogP contribution in [-0.4, -0.2) is 10.9 Å². The number of thiophene rings is 1. The normalized spacial score (nSPS) is 11.0. The van der Waals surface area contributed by atoms with Crippen LogP contribution in [0.1, 0.15) is 5.56 Å². The van der Waals surface area contributed by atoms with Crippen molar-refractivity contribution in [3.63, 3.8) is 0 Å². The van der Waals surface area contributed by atoms with Crippen LogP contribution in [0, 0.1) is 0 Å². The van der Waals surface area contributed by atoms with Crippen LogP contribution in [-0.2, 0) is 4.79 Å². The fourth-order valence-electron chi connectivity index (χ4n) is 1.76. The second-order valence-electron chi connectivity index (χ2n) is 4.39. The molecule has 0 aliphatic carbocycles. The van der Waals surface area contributed by atoms with Crippen molar-refractivity contribution in [1.29, 1.82) is 0 Å². The topological polar surface area (TPSA) is 42.0 Å². The van der Waals surface area contributed by atoms with E-state index in [4.69, 9.17) is 0 Å². The Balaban J connectivity index is 1.63. The number of amides is 1.